The fourth-order valence-electron chi connectivity index (χ4n) is 1.00. The molecule has 0 saturated heterocycles. The van der Waals surface area contributed by atoms with Gasteiger partial charge < -0.3 is 5.32 Å². The van der Waals surface area contributed by atoms with E-state index in [9.17, 15) is 9.59 Å². The van der Waals surface area contributed by atoms with Crippen molar-refractivity contribution in [3.05, 3.63) is 0 Å². The highest BCUT2D eigenvalue weighted by molar-refractivity contribution is 8.76. The van der Waals surface area contributed by atoms with Crippen LogP contribution in [-0.4, -0.2) is 29.9 Å². The van der Waals surface area contributed by atoms with Crippen LogP contribution in [0.4, 0.5) is 0 Å². The first kappa shape index (κ1) is 16.6. The van der Waals surface area contributed by atoms with Gasteiger partial charge in [0.15, 0.2) is 0 Å². The summed E-state index contributed by atoms with van der Waals surface area (Å²) < 4.78 is 0. The second-order valence-electron chi connectivity index (χ2n) is 3.41. The predicted octanol–water partition coefficient (Wildman–Crippen LogP) is 1.05. The normalized spacial score (nSPS) is 10.0. The second-order valence-corrected chi connectivity index (χ2v) is 6.12. The van der Waals surface area contributed by atoms with Gasteiger partial charge in [-0.25, -0.2) is 5.84 Å². The van der Waals surface area contributed by atoms with Crippen molar-refractivity contribution in [2.75, 3.05) is 18.1 Å². The Bertz CT molecular complexity index is 228. The molecule has 0 aliphatic carbocycles. The number of hydrazine groups is 1. The van der Waals surface area contributed by atoms with E-state index >= 15 is 0 Å². The fourth-order valence-corrected chi connectivity index (χ4v) is 3.05. The Hall–Kier alpha value is -0.400. The molecule has 17 heavy (non-hydrogen) atoms. The summed E-state index contributed by atoms with van der Waals surface area (Å²) in [6, 6.07) is 0. The van der Waals surface area contributed by atoms with Crippen molar-refractivity contribution in [3.63, 3.8) is 0 Å². The van der Waals surface area contributed by atoms with Crippen LogP contribution in [0.5, 0.6) is 0 Å². The fraction of sp³-hybridized carbons (Fsp3) is 0.800. The summed E-state index contributed by atoms with van der Waals surface area (Å²) in [7, 11) is 3.60. The lowest BCUT2D eigenvalue weighted by molar-refractivity contribution is -0.122. The Balaban J connectivity index is 3.26. The number of carbonyl (C=O) groups excluding carboxylic acids is 2. The third-order valence-corrected chi connectivity index (χ3v) is 4.46. The van der Waals surface area contributed by atoms with Crippen molar-refractivity contribution in [3.8, 4) is 0 Å². The van der Waals surface area contributed by atoms with Crippen molar-refractivity contribution in [1.82, 2.24) is 10.7 Å². The Morgan fingerprint density at radius 1 is 1.12 bits per heavy atom. The summed E-state index contributed by atoms with van der Waals surface area (Å²) in [6.07, 6.45) is 2.38. The lowest BCUT2D eigenvalue weighted by Gasteiger charge is -2.04. The van der Waals surface area contributed by atoms with E-state index in [2.05, 4.69) is 12.2 Å². The quantitative estimate of drug-likeness (QED) is 0.183. The maximum atomic E-state index is 11.3. The monoisotopic (exact) mass is 279 g/mol. The first-order valence-corrected chi connectivity index (χ1v) is 8.20. The van der Waals surface area contributed by atoms with Crippen LogP contribution in [0.25, 0.3) is 0 Å². The van der Waals surface area contributed by atoms with Crippen molar-refractivity contribution >= 4 is 33.4 Å². The summed E-state index contributed by atoms with van der Waals surface area (Å²) in [5, 5.41) is 2.82. The molecule has 0 aromatic heterocycles. The van der Waals surface area contributed by atoms with Crippen LogP contribution in [0.2, 0.25) is 0 Å². The zero-order chi connectivity index (χ0) is 12.9. The molecule has 0 radical (unpaired) electrons. The van der Waals surface area contributed by atoms with Gasteiger partial charge in [-0.1, -0.05) is 28.5 Å². The molecule has 0 unspecified atom stereocenters. The smallest absolute Gasteiger partial charge is 0.233 e. The third-order valence-electron chi connectivity index (χ3n) is 1.85. The van der Waals surface area contributed by atoms with E-state index < -0.39 is 0 Å². The van der Waals surface area contributed by atoms with E-state index in [1.165, 1.54) is 6.42 Å². The van der Waals surface area contributed by atoms with Crippen LogP contribution < -0.4 is 16.6 Å². The van der Waals surface area contributed by atoms with Gasteiger partial charge in [0.1, 0.15) is 0 Å². The molecular formula is C10H21N3O2S2. The maximum absolute atomic E-state index is 11.3. The lowest BCUT2D eigenvalue weighted by atomic mass is 10.2. The van der Waals surface area contributed by atoms with Gasteiger partial charge in [-0.2, -0.15) is 0 Å². The zero-order valence-electron chi connectivity index (χ0n) is 10.2. The van der Waals surface area contributed by atoms with Crippen LogP contribution in [0, 0.1) is 0 Å². The van der Waals surface area contributed by atoms with Crippen molar-refractivity contribution in [2.24, 2.45) is 5.84 Å². The number of carbonyl (C=O) groups is 2. The number of hydrogen-bond acceptors (Lipinski definition) is 5. The van der Waals surface area contributed by atoms with Gasteiger partial charge in [-0.05, 0) is 12.8 Å². The van der Waals surface area contributed by atoms with Gasteiger partial charge in [-0.15, -0.1) is 0 Å². The van der Waals surface area contributed by atoms with E-state index in [1.807, 2.05) is 16.2 Å². The molecular weight excluding hydrogens is 258 g/mol. The summed E-state index contributed by atoms with van der Waals surface area (Å²) in [5.74, 6) is 6.75. The first-order chi connectivity index (χ1) is 8.20. The van der Waals surface area contributed by atoms with E-state index in [0.717, 1.165) is 11.5 Å². The van der Waals surface area contributed by atoms with E-state index in [4.69, 9.17) is 5.84 Å². The average Bonchev–Trinajstić information content (AvgIpc) is 2.33. The Labute approximate surface area is 110 Å². The van der Waals surface area contributed by atoms with Gasteiger partial charge in [0, 0.05) is 30.9 Å². The summed E-state index contributed by atoms with van der Waals surface area (Å²) in [4.78, 5) is 22.1. The minimum Gasteiger partial charge on any atom is -0.355 e. The van der Waals surface area contributed by atoms with E-state index in [0.29, 0.717) is 25.8 Å². The van der Waals surface area contributed by atoms with Crippen LogP contribution in [0.15, 0.2) is 0 Å². The molecule has 2 amide bonds. The Morgan fingerprint density at radius 2 is 1.76 bits per heavy atom. The molecule has 0 aromatic carbocycles. The number of nitrogens with one attached hydrogen (secondary N) is 2. The highest BCUT2D eigenvalue weighted by Crippen LogP contribution is 2.20. The average molecular weight is 279 g/mol. The molecule has 7 heteroatoms. The minimum atomic E-state index is -0.232. The summed E-state index contributed by atoms with van der Waals surface area (Å²) >= 11 is 0. The highest BCUT2D eigenvalue weighted by atomic mass is 33.1. The van der Waals surface area contributed by atoms with Gasteiger partial charge >= 0.3 is 0 Å². The molecule has 0 fully saturated rings. The lowest BCUT2D eigenvalue weighted by Crippen LogP contribution is -2.30. The highest BCUT2D eigenvalue weighted by Gasteiger charge is 2.03. The predicted molar refractivity (Wildman–Crippen MR) is 74.4 cm³/mol. The van der Waals surface area contributed by atoms with E-state index in [-0.39, 0.29) is 11.8 Å². The van der Waals surface area contributed by atoms with Crippen molar-refractivity contribution < 1.29 is 9.59 Å². The molecule has 0 aliphatic heterocycles. The molecule has 0 aliphatic rings. The summed E-state index contributed by atoms with van der Waals surface area (Å²) in [5.41, 5.74) is 2.03. The molecule has 0 aromatic rings. The number of hydrogen-bond donors (Lipinski definition) is 3. The van der Waals surface area contributed by atoms with Gasteiger partial charge in [0.25, 0.3) is 0 Å². The second kappa shape index (κ2) is 12.1. The topological polar surface area (TPSA) is 84.2 Å². The minimum absolute atomic E-state index is 0.00378. The Kier molecular flexibility index (Phi) is 11.8. The Morgan fingerprint density at radius 3 is 2.41 bits per heavy atom. The standard InChI is InChI=1S/C10H21N3O2S2/c1-2-7-16-17-8-6-12-9(14)4-3-5-10(15)13-11/h2-8,11H2,1H3,(H,12,14)(H,13,15). The van der Waals surface area contributed by atoms with Gasteiger partial charge in [-0.3, -0.25) is 15.0 Å². The largest absolute Gasteiger partial charge is 0.355 e. The molecule has 0 bridgehead atoms. The molecule has 0 heterocycles. The molecule has 0 atom stereocenters. The zero-order valence-corrected chi connectivity index (χ0v) is 11.8. The molecule has 0 saturated carbocycles. The molecule has 0 rings (SSSR count). The maximum Gasteiger partial charge on any atom is 0.233 e. The summed E-state index contributed by atoms with van der Waals surface area (Å²) in [6.45, 7) is 2.83. The van der Waals surface area contributed by atoms with Crippen LogP contribution >= 0.6 is 21.6 Å². The molecule has 4 N–H and O–H groups in total. The third kappa shape index (κ3) is 11.9. The number of amides is 2. The SMILES string of the molecule is CCCSSCCNC(=O)CCCC(=O)NN. The van der Waals surface area contributed by atoms with Crippen molar-refractivity contribution in [1.29, 1.82) is 0 Å². The molecule has 5 nitrogen and oxygen atoms in total. The molecule has 0 spiro atoms. The molecule has 100 valence electrons. The first-order valence-electron chi connectivity index (χ1n) is 5.71. The van der Waals surface area contributed by atoms with Crippen LogP contribution in [0.1, 0.15) is 32.6 Å². The van der Waals surface area contributed by atoms with Crippen LogP contribution in [0.3, 0.4) is 0 Å². The van der Waals surface area contributed by atoms with Gasteiger partial charge in [0.2, 0.25) is 11.8 Å². The number of rotatable bonds is 10. The van der Waals surface area contributed by atoms with Gasteiger partial charge in [0.05, 0.1) is 0 Å². The van der Waals surface area contributed by atoms with Crippen LogP contribution in [-0.2, 0) is 9.59 Å². The van der Waals surface area contributed by atoms with Crippen molar-refractivity contribution in [2.45, 2.75) is 32.6 Å². The van der Waals surface area contributed by atoms with E-state index in [1.54, 1.807) is 10.8 Å². The number of nitrogens with two attached hydrogens (primary N) is 1.